The van der Waals surface area contributed by atoms with Crippen molar-refractivity contribution in [2.24, 2.45) is 0 Å². The molecule has 7 nitrogen and oxygen atoms in total. The number of ether oxygens (including phenoxy) is 1. The molecule has 1 amide bonds. The van der Waals surface area contributed by atoms with Crippen LogP contribution in [0.15, 0.2) is 53.1 Å². The molecule has 26 heavy (non-hydrogen) atoms. The Hall–Kier alpha value is -3.48. The van der Waals surface area contributed by atoms with Gasteiger partial charge >= 0.3 is 5.97 Å². The van der Waals surface area contributed by atoms with Crippen molar-refractivity contribution in [3.63, 3.8) is 0 Å². The summed E-state index contributed by atoms with van der Waals surface area (Å²) in [7, 11) is 0. The Morgan fingerprint density at radius 3 is 2.54 bits per heavy atom. The van der Waals surface area contributed by atoms with Gasteiger partial charge in [-0.05, 0) is 26.0 Å². The Bertz CT molecular complexity index is 935. The number of esters is 1. The molecule has 2 aromatic heterocycles. The van der Waals surface area contributed by atoms with Gasteiger partial charge in [-0.1, -0.05) is 35.5 Å². The molecule has 0 aliphatic carbocycles. The molecule has 132 valence electrons. The van der Waals surface area contributed by atoms with Gasteiger partial charge in [0, 0.05) is 11.6 Å². The maximum absolute atomic E-state index is 12.2. The summed E-state index contributed by atoms with van der Waals surface area (Å²) in [6, 6.07) is 14.6. The van der Waals surface area contributed by atoms with Crippen molar-refractivity contribution in [2.45, 2.75) is 13.8 Å². The Balaban J connectivity index is 1.62. The van der Waals surface area contributed by atoms with Gasteiger partial charge in [-0.25, -0.2) is 4.79 Å². The highest BCUT2D eigenvalue weighted by Crippen LogP contribution is 2.19. The summed E-state index contributed by atoms with van der Waals surface area (Å²) >= 11 is 0. The second-order valence-corrected chi connectivity index (χ2v) is 5.64. The number of aromatic nitrogens is 2. The average Bonchev–Trinajstić information content (AvgIpc) is 3.05. The van der Waals surface area contributed by atoms with Crippen LogP contribution in [0.1, 0.15) is 21.8 Å². The van der Waals surface area contributed by atoms with Gasteiger partial charge in [-0.15, -0.1) is 0 Å². The number of nitrogens with zero attached hydrogens (tertiary/aromatic N) is 2. The van der Waals surface area contributed by atoms with Crippen molar-refractivity contribution in [2.75, 3.05) is 11.9 Å². The zero-order valence-corrected chi connectivity index (χ0v) is 14.4. The van der Waals surface area contributed by atoms with Crippen molar-refractivity contribution >= 4 is 17.7 Å². The summed E-state index contributed by atoms with van der Waals surface area (Å²) in [6.07, 6.45) is 0. The first-order valence-corrected chi connectivity index (χ1v) is 7.96. The maximum Gasteiger partial charge on any atom is 0.340 e. The van der Waals surface area contributed by atoms with Crippen LogP contribution >= 0.6 is 0 Å². The number of hydrogen-bond acceptors (Lipinski definition) is 6. The number of carbonyl (C=O) groups is 2. The Morgan fingerprint density at radius 2 is 1.88 bits per heavy atom. The number of rotatable bonds is 5. The summed E-state index contributed by atoms with van der Waals surface area (Å²) in [5.74, 6) is -0.273. The number of benzene rings is 1. The smallest absolute Gasteiger partial charge is 0.340 e. The van der Waals surface area contributed by atoms with Crippen LogP contribution in [0.3, 0.4) is 0 Å². The molecule has 0 saturated heterocycles. The summed E-state index contributed by atoms with van der Waals surface area (Å²) in [6.45, 7) is 3.00. The molecule has 0 saturated carbocycles. The number of carbonyl (C=O) groups excluding carboxylic acids is 2. The minimum atomic E-state index is -0.610. The number of aryl methyl sites for hydroxylation is 2. The average molecular weight is 351 g/mol. The van der Waals surface area contributed by atoms with Gasteiger partial charge in [0.2, 0.25) is 0 Å². The Labute approximate surface area is 150 Å². The zero-order valence-electron chi connectivity index (χ0n) is 14.4. The monoisotopic (exact) mass is 351 g/mol. The van der Waals surface area contributed by atoms with Gasteiger partial charge in [0.05, 0.1) is 17.0 Å². The number of amides is 1. The third kappa shape index (κ3) is 4.13. The van der Waals surface area contributed by atoms with Crippen LogP contribution in [-0.4, -0.2) is 28.6 Å². The highest BCUT2D eigenvalue weighted by atomic mass is 16.5. The fourth-order valence-electron chi connectivity index (χ4n) is 2.36. The lowest BCUT2D eigenvalue weighted by Crippen LogP contribution is -2.21. The molecular formula is C19H17N3O4. The van der Waals surface area contributed by atoms with Crippen molar-refractivity contribution in [1.82, 2.24) is 10.1 Å². The summed E-state index contributed by atoms with van der Waals surface area (Å²) < 4.78 is 9.89. The Morgan fingerprint density at radius 1 is 1.12 bits per heavy atom. The number of pyridine rings is 1. The van der Waals surface area contributed by atoms with Crippen molar-refractivity contribution in [3.05, 3.63) is 65.5 Å². The van der Waals surface area contributed by atoms with Gasteiger partial charge < -0.3 is 14.6 Å². The van der Waals surface area contributed by atoms with E-state index >= 15 is 0 Å². The standard InChI is InChI=1S/C19H17N3O4/c1-12-10-17(22-26-12)21-18(23)11-25-19(24)15-8-9-16(20-13(15)2)14-6-4-3-5-7-14/h3-10H,11H2,1-2H3,(H,21,22,23). The van der Waals surface area contributed by atoms with Crippen LogP contribution < -0.4 is 5.32 Å². The number of nitrogens with one attached hydrogen (secondary N) is 1. The fraction of sp³-hybridized carbons (Fsp3) is 0.158. The summed E-state index contributed by atoms with van der Waals surface area (Å²) in [5, 5.41) is 6.11. The first-order valence-electron chi connectivity index (χ1n) is 7.96. The van der Waals surface area contributed by atoms with Crippen molar-refractivity contribution < 1.29 is 18.8 Å². The van der Waals surface area contributed by atoms with E-state index in [0.717, 1.165) is 11.3 Å². The van der Waals surface area contributed by atoms with Crippen molar-refractivity contribution in [3.8, 4) is 11.3 Å². The van der Waals surface area contributed by atoms with Crippen LogP contribution in [0.25, 0.3) is 11.3 Å². The van der Waals surface area contributed by atoms with E-state index in [1.807, 2.05) is 30.3 Å². The molecule has 2 heterocycles. The molecule has 3 aromatic rings. The van der Waals surface area contributed by atoms with E-state index < -0.39 is 18.5 Å². The normalized spacial score (nSPS) is 10.4. The highest BCUT2D eigenvalue weighted by molar-refractivity contribution is 5.95. The molecule has 0 bridgehead atoms. The molecule has 0 atom stereocenters. The zero-order chi connectivity index (χ0) is 18.5. The minimum Gasteiger partial charge on any atom is -0.452 e. The predicted molar refractivity (Wildman–Crippen MR) is 94.6 cm³/mol. The molecule has 7 heteroatoms. The summed E-state index contributed by atoms with van der Waals surface area (Å²) in [4.78, 5) is 28.4. The number of hydrogen-bond donors (Lipinski definition) is 1. The van der Waals surface area contributed by atoms with Crippen LogP contribution in [-0.2, 0) is 9.53 Å². The van der Waals surface area contributed by atoms with Gasteiger partial charge in [-0.3, -0.25) is 9.78 Å². The van der Waals surface area contributed by atoms with E-state index in [1.54, 1.807) is 32.0 Å². The second kappa shape index (κ2) is 7.60. The molecule has 3 rings (SSSR count). The first kappa shape index (κ1) is 17.3. The molecule has 0 aliphatic heterocycles. The molecular weight excluding hydrogens is 334 g/mol. The van der Waals surface area contributed by atoms with Gasteiger partial charge in [0.1, 0.15) is 5.76 Å². The van der Waals surface area contributed by atoms with Gasteiger partial charge in [0.25, 0.3) is 5.91 Å². The van der Waals surface area contributed by atoms with E-state index in [1.165, 1.54) is 0 Å². The minimum absolute atomic E-state index is 0.272. The highest BCUT2D eigenvalue weighted by Gasteiger charge is 2.15. The molecule has 0 unspecified atom stereocenters. The second-order valence-electron chi connectivity index (χ2n) is 5.64. The molecule has 0 spiro atoms. The lowest BCUT2D eigenvalue weighted by Gasteiger charge is -2.08. The SMILES string of the molecule is Cc1cc(NC(=O)COC(=O)c2ccc(-c3ccccc3)nc2C)no1. The predicted octanol–water partition coefficient (Wildman–Crippen LogP) is 3.15. The first-order chi connectivity index (χ1) is 12.5. The van der Waals surface area contributed by atoms with E-state index in [2.05, 4.69) is 15.5 Å². The lowest BCUT2D eigenvalue weighted by atomic mass is 10.1. The molecule has 0 radical (unpaired) electrons. The molecule has 1 aromatic carbocycles. The van der Waals surface area contributed by atoms with E-state index in [9.17, 15) is 9.59 Å². The lowest BCUT2D eigenvalue weighted by molar-refractivity contribution is -0.119. The van der Waals surface area contributed by atoms with Crippen LogP contribution in [0.2, 0.25) is 0 Å². The Kier molecular flexibility index (Phi) is 5.07. The molecule has 1 N–H and O–H groups in total. The number of anilines is 1. The van der Waals surface area contributed by atoms with Crippen LogP contribution in [0.4, 0.5) is 5.82 Å². The fourth-order valence-corrected chi connectivity index (χ4v) is 2.36. The van der Waals surface area contributed by atoms with Crippen LogP contribution in [0, 0.1) is 13.8 Å². The quantitative estimate of drug-likeness (QED) is 0.710. The topological polar surface area (TPSA) is 94.3 Å². The third-order valence-electron chi connectivity index (χ3n) is 3.61. The van der Waals surface area contributed by atoms with E-state index in [4.69, 9.17) is 9.26 Å². The van der Waals surface area contributed by atoms with E-state index in [-0.39, 0.29) is 5.82 Å². The largest absolute Gasteiger partial charge is 0.452 e. The van der Waals surface area contributed by atoms with Gasteiger partial charge in [-0.2, -0.15) is 0 Å². The van der Waals surface area contributed by atoms with E-state index in [0.29, 0.717) is 17.0 Å². The summed E-state index contributed by atoms with van der Waals surface area (Å²) in [5.41, 5.74) is 2.57. The maximum atomic E-state index is 12.2. The molecule has 0 fully saturated rings. The van der Waals surface area contributed by atoms with Crippen LogP contribution in [0.5, 0.6) is 0 Å². The van der Waals surface area contributed by atoms with Crippen molar-refractivity contribution in [1.29, 1.82) is 0 Å². The van der Waals surface area contributed by atoms with Gasteiger partial charge in [0.15, 0.2) is 12.4 Å². The third-order valence-corrected chi connectivity index (χ3v) is 3.61. The molecule has 0 aliphatic rings.